The van der Waals surface area contributed by atoms with Crippen molar-refractivity contribution >= 4 is 17.7 Å². The van der Waals surface area contributed by atoms with Crippen LogP contribution in [0.2, 0.25) is 0 Å². The maximum Gasteiger partial charge on any atom is 0.191 e. The lowest BCUT2D eigenvalue weighted by atomic mass is 10.1. The second-order valence-electron chi connectivity index (χ2n) is 5.89. The first-order chi connectivity index (χ1) is 9.88. The first kappa shape index (κ1) is 17.9. The Bertz CT molecular complexity index is 454. The van der Waals surface area contributed by atoms with Crippen LogP contribution in [-0.4, -0.2) is 35.2 Å². The molecule has 0 amide bonds. The molecule has 1 rings (SSSR count). The summed E-state index contributed by atoms with van der Waals surface area (Å²) in [7, 11) is 0. The Morgan fingerprint density at radius 1 is 1.43 bits per heavy atom. The lowest BCUT2D eigenvalue weighted by Crippen LogP contribution is -2.43. The molecular weight excluding hydrogens is 284 g/mol. The highest BCUT2D eigenvalue weighted by molar-refractivity contribution is 7.99. The summed E-state index contributed by atoms with van der Waals surface area (Å²) in [6.07, 6.45) is 2.12. The van der Waals surface area contributed by atoms with Gasteiger partial charge in [-0.15, -0.1) is 0 Å². The highest BCUT2D eigenvalue weighted by atomic mass is 32.2. The highest BCUT2D eigenvalue weighted by Crippen LogP contribution is 2.19. The van der Waals surface area contributed by atoms with Crippen LogP contribution in [-0.2, 0) is 6.54 Å². The number of rotatable bonds is 7. The molecule has 21 heavy (non-hydrogen) atoms. The Morgan fingerprint density at radius 3 is 2.67 bits per heavy atom. The molecule has 6 heteroatoms. The van der Waals surface area contributed by atoms with Gasteiger partial charge < -0.3 is 15.2 Å². The third-order valence-corrected chi connectivity index (χ3v) is 4.39. The van der Waals surface area contributed by atoms with Gasteiger partial charge in [0.1, 0.15) is 6.54 Å². The predicted octanol–water partition coefficient (Wildman–Crippen LogP) is 2.99. The Hall–Kier alpha value is -1.17. The second-order valence-corrected chi connectivity index (χ2v) is 7.40. The first-order valence-electron chi connectivity index (χ1n) is 7.40. The van der Waals surface area contributed by atoms with E-state index in [0.29, 0.717) is 12.5 Å². The third-order valence-electron chi connectivity index (χ3n) is 3.14. The van der Waals surface area contributed by atoms with Crippen molar-refractivity contribution in [2.45, 2.75) is 51.8 Å². The Kier molecular flexibility index (Phi) is 7.08. The minimum atomic E-state index is 0.174. The van der Waals surface area contributed by atoms with E-state index in [-0.39, 0.29) is 4.75 Å². The van der Waals surface area contributed by atoms with Crippen LogP contribution in [0.25, 0.3) is 0 Å². The van der Waals surface area contributed by atoms with Gasteiger partial charge in [-0.1, -0.05) is 19.0 Å². The number of hydrogen-bond donors (Lipinski definition) is 2. The number of guanidine groups is 1. The van der Waals surface area contributed by atoms with Gasteiger partial charge >= 0.3 is 0 Å². The van der Waals surface area contributed by atoms with E-state index in [1.807, 2.05) is 17.8 Å². The molecule has 0 spiro atoms. The van der Waals surface area contributed by atoms with Gasteiger partial charge in [-0.25, -0.2) is 4.99 Å². The average molecular weight is 312 g/mol. The zero-order valence-corrected chi connectivity index (χ0v) is 14.8. The van der Waals surface area contributed by atoms with Crippen LogP contribution in [0, 0.1) is 0 Å². The Morgan fingerprint density at radius 2 is 2.14 bits per heavy atom. The third kappa shape index (κ3) is 6.42. The lowest BCUT2D eigenvalue weighted by molar-refractivity contribution is 0.376. The molecule has 0 saturated heterocycles. The van der Waals surface area contributed by atoms with Gasteiger partial charge in [0.2, 0.25) is 0 Å². The van der Waals surface area contributed by atoms with E-state index < -0.39 is 0 Å². The first-order valence-corrected chi connectivity index (χ1v) is 8.63. The van der Waals surface area contributed by atoms with E-state index in [4.69, 9.17) is 4.52 Å². The standard InChI is InChI=1S/C15H28N4OS/c1-7-16-14(18-10-15(4,5)21-6)17-9-12-8-13(11(2)3)19-20-12/h8,11H,7,9-10H2,1-6H3,(H2,16,17,18). The van der Waals surface area contributed by atoms with Gasteiger partial charge in [0.25, 0.3) is 0 Å². The van der Waals surface area contributed by atoms with E-state index in [2.05, 4.69) is 61.7 Å². The fourth-order valence-corrected chi connectivity index (χ4v) is 1.76. The molecular formula is C15H28N4OS. The predicted molar refractivity (Wildman–Crippen MR) is 91.0 cm³/mol. The molecule has 0 fully saturated rings. The van der Waals surface area contributed by atoms with Crippen molar-refractivity contribution in [3.05, 3.63) is 17.5 Å². The van der Waals surface area contributed by atoms with Gasteiger partial charge in [-0.3, -0.25) is 0 Å². The Balaban J connectivity index is 2.62. The van der Waals surface area contributed by atoms with Crippen molar-refractivity contribution < 1.29 is 4.52 Å². The second kappa shape index (κ2) is 8.32. The number of nitrogens with one attached hydrogen (secondary N) is 2. The van der Waals surface area contributed by atoms with Gasteiger partial charge in [0.05, 0.1) is 5.69 Å². The van der Waals surface area contributed by atoms with E-state index >= 15 is 0 Å². The molecule has 0 bridgehead atoms. The van der Waals surface area contributed by atoms with Crippen LogP contribution in [0.15, 0.2) is 15.6 Å². The van der Waals surface area contributed by atoms with Crippen LogP contribution in [0.4, 0.5) is 0 Å². The largest absolute Gasteiger partial charge is 0.359 e. The van der Waals surface area contributed by atoms with Crippen molar-refractivity contribution in [1.82, 2.24) is 15.8 Å². The monoisotopic (exact) mass is 312 g/mol. The molecule has 1 heterocycles. The molecule has 0 aliphatic heterocycles. The van der Waals surface area contributed by atoms with Gasteiger partial charge in [-0.05, 0) is 32.9 Å². The molecule has 5 nitrogen and oxygen atoms in total. The van der Waals surface area contributed by atoms with E-state index in [0.717, 1.165) is 30.5 Å². The smallest absolute Gasteiger partial charge is 0.191 e. The minimum absolute atomic E-state index is 0.174. The quantitative estimate of drug-likeness (QED) is 0.598. The average Bonchev–Trinajstić information content (AvgIpc) is 2.91. The molecule has 0 atom stereocenters. The zero-order chi connectivity index (χ0) is 15.9. The number of thioether (sulfide) groups is 1. The number of nitrogens with zero attached hydrogens (tertiary/aromatic N) is 2. The molecule has 0 radical (unpaired) electrons. The maximum absolute atomic E-state index is 5.30. The fraction of sp³-hybridized carbons (Fsp3) is 0.733. The molecule has 0 aliphatic carbocycles. The topological polar surface area (TPSA) is 62.5 Å². The summed E-state index contributed by atoms with van der Waals surface area (Å²) in [6.45, 7) is 12.9. The fourth-order valence-electron chi connectivity index (χ4n) is 1.54. The molecule has 0 unspecified atom stereocenters. The Labute approximate surface area is 132 Å². The van der Waals surface area contributed by atoms with E-state index in [9.17, 15) is 0 Å². The van der Waals surface area contributed by atoms with E-state index in [1.54, 1.807) is 0 Å². The molecule has 120 valence electrons. The highest BCUT2D eigenvalue weighted by Gasteiger charge is 2.16. The lowest BCUT2D eigenvalue weighted by Gasteiger charge is -2.23. The molecule has 1 aromatic rings. The van der Waals surface area contributed by atoms with Crippen molar-refractivity contribution in [3.63, 3.8) is 0 Å². The summed E-state index contributed by atoms with van der Waals surface area (Å²) in [5.74, 6) is 1.97. The SMILES string of the molecule is CCNC(=NCc1cc(C(C)C)no1)NCC(C)(C)SC. The number of hydrogen-bond acceptors (Lipinski definition) is 4. The molecule has 0 aromatic carbocycles. The van der Waals surface area contributed by atoms with Gasteiger partial charge in [-0.2, -0.15) is 11.8 Å². The van der Waals surface area contributed by atoms with Crippen molar-refractivity contribution in [2.75, 3.05) is 19.3 Å². The van der Waals surface area contributed by atoms with E-state index in [1.165, 1.54) is 0 Å². The summed E-state index contributed by atoms with van der Waals surface area (Å²) in [5, 5.41) is 10.7. The van der Waals surface area contributed by atoms with Crippen molar-refractivity contribution in [3.8, 4) is 0 Å². The zero-order valence-electron chi connectivity index (χ0n) is 14.0. The van der Waals surface area contributed by atoms with Crippen LogP contribution >= 0.6 is 11.8 Å². The normalized spacial score (nSPS) is 12.8. The number of aromatic nitrogens is 1. The maximum atomic E-state index is 5.30. The van der Waals surface area contributed by atoms with Crippen LogP contribution in [0.3, 0.4) is 0 Å². The summed E-state index contributed by atoms with van der Waals surface area (Å²) in [6, 6.07) is 1.98. The van der Waals surface area contributed by atoms with Crippen LogP contribution in [0.5, 0.6) is 0 Å². The molecule has 0 aliphatic rings. The molecule has 0 saturated carbocycles. The molecule has 2 N–H and O–H groups in total. The number of aliphatic imine (C=N–C) groups is 1. The van der Waals surface area contributed by atoms with Gasteiger partial charge in [0, 0.05) is 23.9 Å². The van der Waals surface area contributed by atoms with Crippen molar-refractivity contribution in [1.29, 1.82) is 0 Å². The van der Waals surface area contributed by atoms with Gasteiger partial charge in [0.15, 0.2) is 11.7 Å². The van der Waals surface area contributed by atoms with Crippen LogP contribution in [0.1, 0.15) is 52.0 Å². The summed E-state index contributed by atoms with van der Waals surface area (Å²) >= 11 is 1.83. The summed E-state index contributed by atoms with van der Waals surface area (Å²) in [4.78, 5) is 4.55. The minimum Gasteiger partial charge on any atom is -0.359 e. The van der Waals surface area contributed by atoms with Crippen molar-refractivity contribution in [2.24, 2.45) is 4.99 Å². The molecule has 1 aromatic heterocycles. The van der Waals surface area contributed by atoms with Crippen LogP contribution < -0.4 is 10.6 Å². The summed E-state index contributed by atoms with van der Waals surface area (Å²) in [5.41, 5.74) is 0.974. The summed E-state index contributed by atoms with van der Waals surface area (Å²) < 4.78 is 5.48.